The molecule has 0 atom stereocenters. The van der Waals surface area contributed by atoms with E-state index >= 15 is 0 Å². The van der Waals surface area contributed by atoms with Gasteiger partial charge < -0.3 is 19.9 Å². The Hall–Kier alpha value is -2.58. The number of alkyl carbamates (subject to hydrolysis) is 1. The number of carbonyl (C=O) groups excluding carboxylic acids is 1. The van der Waals surface area contributed by atoms with E-state index in [0.717, 1.165) is 0 Å². The maximum Gasteiger partial charge on any atom is 0.407 e. The van der Waals surface area contributed by atoms with Crippen LogP contribution in [0.5, 0.6) is 0 Å². The lowest BCUT2D eigenvalue weighted by Gasteiger charge is -2.21. The van der Waals surface area contributed by atoms with Gasteiger partial charge in [-0.05, 0) is 48.0 Å². The molecule has 0 saturated carbocycles. The second-order valence-electron chi connectivity index (χ2n) is 8.08. The smallest absolute Gasteiger partial charge is 0.407 e. The number of hydrogen-bond acceptors (Lipinski definition) is 6. The van der Waals surface area contributed by atoms with E-state index in [-0.39, 0.29) is 11.1 Å². The van der Waals surface area contributed by atoms with Gasteiger partial charge in [-0.25, -0.2) is 9.78 Å². The molecule has 3 N–H and O–H groups in total. The summed E-state index contributed by atoms with van der Waals surface area (Å²) in [5, 5.41) is 5.75. The fourth-order valence-corrected chi connectivity index (χ4v) is 2.28. The van der Waals surface area contributed by atoms with E-state index in [0.29, 0.717) is 36.6 Å². The zero-order valence-corrected chi connectivity index (χ0v) is 16.3. The average molecular weight is 364 g/mol. The summed E-state index contributed by atoms with van der Waals surface area (Å²) >= 11 is 0. The molecule has 26 heavy (non-hydrogen) atoms. The Labute approximate surface area is 152 Å². The van der Waals surface area contributed by atoms with Gasteiger partial charge >= 0.3 is 6.09 Å². The van der Waals surface area contributed by atoms with Gasteiger partial charge in [-0.1, -0.05) is 0 Å². The van der Waals surface area contributed by atoms with Crippen LogP contribution in [0.25, 0.3) is 11.2 Å². The number of imidazole rings is 1. The number of aromatic amines is 1. The Morgan fingerprint density at radius 3 is 2.54 bits per heavy atom. The fourth-order valence-electron chi connectivity index (χ4n) is 2.28. The van der Waals surface area contributed by atoms with Crippen molar-refractivity contribution in [3.63, 3.8) is 0 Å². The number of H-pyrrole nitrogens is 1. The minimum Gasteiger partial charge on any atom is -0.444 e. The van der Waals surface area contributed by atoms with Crippen molar-refractivity contribution in [2.75, 3.05) is 18.4 Å². The summed E-state index contributed by atoms with van der Waals surface area (Å²) in [6.07, 6.45) is 1.83. The van der Waals surface area contributed by atoms with Gasteiger partial charge in [0.2, 0.25) is 5.95 Å². The molecule has 1 amide bonds. The molecule has 144 valence electrons. The van der Waals surface area contributed by atoms with Crippen LogP contribution in [0.2, 0.25) is 0 Å². The van der Waals surface area contributed by atoms with Crippen LogP contribution in [0.3, 0.4) is 0 Å². The molecule has 9 nitrogen and oxygen atoms in total. The Balaban J connectivity index is 1.93. The predicted octanol–water partition coefficient (Wildman–Crippen LogP) is 2.20. The molecule has 2 heterocycles. The van der Waals surface area contributed by atoms with E-state index in [1.807, 2.05) is 46.1 Å². The molecular formula is C17H28N6O3. The Kier molecular flexibility index (Phi) is 5.58. The number of hydrogen-bond donors (Lipinski definition) is 3. The van der Waals surface area contributed by atoms with Gasteiger partial charge in [0, 0.05) is 18.6 Å². The minimum atomic E-state index is -0.517. The van der Waals surface area contributed by atoms with Gasteiger partial charge in [0.05, 0.1) is 6.33 Å². The molecule has 0 fully saturated rings. The number of fused-ring (bicyclic) bond motifs is 1. The molecule has 0 spiro atoms. The van der Waals surface area contributed by atoms with Crippen molar-refractivity contribution in [3.05, 3.63) is 16.7 Å². The number of ether oxygens (including phenoxy) is 1. The first kappa shape index (κ1) is 19.7. The van der Waals surface area contributed by atoms with Crippen LogP contribution in [-0.4, -0.2) is 44.3 Å². The highest BCUT2D eigenvalue weighted by atomic mass is 16.6. The van der Waals surface area contributed by atoms with Gasteiger partial charge in [0.15, 0.2) is 11.2 Å². The molecular weight excluding hydrogens is 336 g/mol. The van der Waals surface area contributed by atoms with E-state index < -0.39 is 11.7 Å². The highest BCUT2D eigenvalue weighted by Crippen LogP contribution is 2.19. The molecule has 0 radical (unpaired) electrons. The first-order chi connectivity index (χ1) is 12.0. The number of anilines is 1. The lowest BCUT2D eigenvalue weighted by atomic mass is 10.1. The lowest BCUT2D eigenvalue weighted by molar-refractivity contribution is 0.0528. The molecule has 2 aromatic rings. The monoisotopic (exact) mass is 364 g/mol. The zero-order chi connectivity index (χ0) is 19.5. The zero-order valence-electron chi connectivity index (χ0n) is 16.3. The van der Waals surface area contributed by atoms with Crippen molar-refractivity contribution in [3.8, 4) is 0 Å². The number of nitrogens with one attached hydrogen (secondary N) is 3. The van der Waals surface area contributed by atoms with E-state index in [1.54, 1.807) is 6.33 Å². The number of aromatic nitrogens is 4. The van der Waals surface area contributed by atoms with Crippen molar-refractivity contribution < 1.29 is 9.53 Å². The van der Waals surface area contributed by atoms with Crippen LogP contribution in [0.1, 0.15) is 48.0 Å². The van der Waals surface area contributed by atoms with E-state index in [1.165, 1.54) is 0 Å². The second kappa shape index (κ2) is 7.35. The number of rotatable bonds is 5. The molecule has 0 aliphatic heterocycles. The van der Waals surface area contributed by atoms with E-state index in [4.69, 9.17) is 4.74 Å². The Morgan fingerprint density at radius 2 is 1.92 bits per heavy atom. The molecule has 0 unspecified atom stereocenters. The molecule has 0 saturated heterocycles. The fraction of sp³-hybridized carbons (Fsp3) is 0.647. The van der Waals surface area contributed by atoms with Gasteiger partial charge in [-0.2, -0.15) is 4.98 Å². The standard InChI is InChI=1S/C17H28N6O3/c1-16(2,3)23-10-20-11-12(23)21-14(22-13(11)24)18-8-7-9-19-15(25)26-17(4,5)6/h10H,7-9H2,1-6H3,(H,19,25)(H2,18,21,22,24). The van der Waals surface area contributed by atoms with Gasteiger partial charge in [-0.15, -0.1) is 0 Å². The Bertz CT molecular complexity index is 826. The highest BCUT2D eigenvalue weighted by molar-refractivity contribution is 5.71. The molecule has 2 rings (SSSR count). The average Bonchev–Trinajstić information content (AvgIpc) is 2.89. The van der Waals surface area contributed by atoms with E-state index in [2.05, 4.69) is 25.6 Å². The van der Waals surface area contributed by atoms with Crippen LogP contribution in [-0.2, 0) is 10.3 Å². The van der Waals surface area contributed by atoms with Crippen molar-refractivity contribution in [1.82, 2.24) is 24.8 Å². The normalized spacial score (nSPS) is 12.2. The van der Waals surface area contributed by atoms with Gasteiger partial charge in [0.1, 0.15) is 5.60 Å². The quantitative estimate of drug-likeness (QED) is 0.701. The summed E-state index contributed by atoms with van der Waals surface area (Å²) in [6.45, 7) is 12.5. The summed E-state index contributed by atoms with van der Waals surface area (Å²) in [5.41, 5.74) is -0.179. The number of nitrogens with zero attached hydrogens (tertiary/aromatic N) is 3. The maximum absolute atomic E-state index is 12.2. The summed E-state index contributed by atoms with van der Waals surface area (Å²) in [6, 6.07) is 0. The molecule has 0 aliphatic carbocycles. The molecule has 0 aliphatic rings. The molecule has 0 bridgehead atoms. The van der Waals surface area contributed by atoms with Crippen LogP contribution in [0.15, 0.2) is 11.1 Å². The van der Waals surface area contributed by atoms with Crippen LogP contribution in [0.4, 0.5) is 10.7 Å². The predicted molar refractivity (Wildman–Crippen MR) is 100 cm³/mol. The first-order valence-corrected chi connectivity index (χ1v) is 8.66. The van der Waals surface area contributed by atoms with Crippen LogP contribution in [0, 0.1) is 0 Å². The molecule has 0 aromatic carbocycles. The Morgan fingerprint density at radius 1 is 1.23 bits per heavy atom. The third-order valence-electron chi connectivity index (χ3n) is 3.44. The lowest BCUT2D eigenvalue weighted by Crippen LogP contribution is -2.33. The maximum atomic E-state index is 12.2. The molecule has 9 heteroatoms. The van der Waals surface area contributed by atoms with Gasteiger partial charge in [-0.3, -0.25) is 9.78 Å². The van der Waals surface area contributed by atoms with E-state index in [9.17, 15) is 9.59 Å². The van der Waals surface area contributed by atoms with Crippen molar-refractivity contribution >= 4 is 23.2 Å². The largest absolute Gasteiger partial charge is 0.444 e. The summed E-state index contributed by atoms with van der Waals surface area (Å²) in [7, 11) is 0. The minimum absolute atomic E-state index is 0.232. The van der Waals surface area contributed by atoms with Crippen molar-refractivity contribution in [2.45, 2.75) is 59.1 Å². The van der Waals surface area contributed by atoms with Gasteiger partial charge in [0.25, 0.3) is 5.56 Å². The van der Waals surface area contributed by atoms with Crippen LogP contribution >= 0.6 is 0 Å². The van der Waals surface area contributed by atoms with Crippen molar-refractivity contribution in [2.24, 2.45) is 0 Å². The molecule has 2 aromatic heterocycles. The number of carbonyl (C=O) groups is 1. The SMILES string of the molecule is CC(C)(C)OC(=O)NCCCNc1nc2c(ncn2C(C)(C)C)c(=O)[nH]1. The number of amides is 1. The second-order valence-corrected chi connectivity index (χ2v) is 8.08. The first-order valence-electron chi connectivity index (χ1n) is 8.66. The van der Waals surface area contributed by atoms with Crippen molar-refractivity contribution in [1.29, 1.82) is 0 Å². The third-order valence-corrected chi connectivity index (χ3v) is 3.44. The van der Waals surface area contributed by atoms with Crippen LogP contribution < -0.4 is 16.2 Å². The summed E-state index contributed by atoms with van der Waals surface area (Å²) in [5.74, 6) is 0.380. The highest BCUT2D eigenvalue weighted by Gasteiger charge is 2.19. The summed E-state index contributed by atoms with van der Waals surface area (Å²) < 4.78 is 7.03. The third kappa shape index (κ3) is 5.21. The summed E-state index contributed by atoms with van der Waals surface area (Å²) in [4.78, 5) is 35.0. The topological polar surface area (TPSA) is 114 Å².